The summed E-state index contributed by atoms with van der Waals surface area (Å²) in [5.41, 5.74) is 5.68. The number of carbonyl (C=O) groups is 2. The number of nitrogens with zero attached hydrogens (tertiary/aromatic N) is 2. The Balaban J connectivity index is 1.85. The second-order valence-electron chi connectivity index (χ2n) is 17.7. The smallest absolute Gasteiger partial charge is 0.417 e. The summed E-state index contributed by atoms with van der Waals surface area (Å²) in [6.07, 6.45) is 6.94. The Kier molecular flexibility index (Phi) is 17.5. The van der Waals surface area contributed by atoms with Gasteiger partial charge in [-0.15, -0.1) is 0 Å². The number of benzene rings is 3. The van der Waals surface area contributed by atoms with E-state index in [4.69, 9.17) is 4.74 Å². The van der Waals surface area contributed by atoms with Crippen molar-refractivity contribution in [1.82, 2.24) is 9.80 Å². The molecule has 0 fully saturated rings. The van der Waals surface area contributed by atoms with Gasteiger partial charge in [0.25, 0.3) is 0 Å². The molecule has 302 valence electrons. The van der Waals surface area contributed by atoms with Crippen LogP contribution < -0.4 is 4.74 Å². The molecule has 0 saturated heterocycles. The van der Waals surface area contributed by atoms with Crippen LogP contribution in [0.3, 0.4) is 0 Å². The number of unbranched alkanes of at least 4 members (excludes halogenated alkanes) is 5. The average Bonchev–Trinajstić information content (AvgIpc) is 3.10. The summed E-state index contributed by atoms with van der Waals surface area (Å²) in [6.45, 7) is 23.2. The fraction of sp³-hybridized carbons (Fsp3) is 0.542. The molecule has 2 N–H and O–H groups in total. The van der Waals surface area contributed by atoms with Crippen LogP contribution in [0.1, 0.15) is 149 Å². The van der Waals surface area contributed by atoms with Crippen LogP contribution in [0.25, 0.3) is 5.57 Å². The van der Waals surface area contributed by atoms with Crippen molar-refractivity contribution in [2.24, 2.45) is 10.8 Å². The molecule has 3 aromatic rings. The Morgan fingerprint density at radius 2 is 1.29 bits per heavy atom. The molecule has 0 bridgehead atoms. The van der Waals surface area contributed by atoms with E-state index in [0.717, 1.165) is 62.8 Å². The molecule has 3 rings (SSSR count). The van der Waals surface area contributed by atoms with Crippen molar-refractivity contribution in [2.45, 2.75) is 151 Å². The molecule has 0 aliphatic carbocycles. The highest BCUT2D eigenvalue weighted by Crippen LogP contribution is 2.41. The normalized spacial score (nSPS) is 13.7. The van der Waals surface area contributed by atoms with Crippen molar-refractivity contribution < 1.29 is 24.5 Å². The topological polar surface area (TPSA) is 90.3 Å². The van der Waals surface area contributed by atoms with Crippen LogP contribution in [0, 0.1) is 10.8 Å². The number of hydrogen-bond acceptors (Lipinski definition) is 4. The maximum Gasteiger partial charge on any atom is 0.417 e. The van der Waals surface area contributed by atoms with Gasteiger partial charge in [0.05, 0.1) is 6.04 Å². The lowest BCUT2D eigenvalue weighted by Crippen LogP contribution is -2.49. The Morgan fingerprint density at radius 1 is 0.727 bits per heavy atom. The fourth-order valence-corrected chi connectivity index (χ4v) is 7.85. The number of amides is 2. The largest absolute Gasteiger partial charge is 0.489 e. The number of ether oxygens (including phenoxy) is 1. The molecule has 3 aromatic carbocycles. The SMILES string of the molecule is CC(C)N(CC[C@H](c1ccccc1)c1cc(C(=CCCCCCCCC(N(C(=O)O)C(=O)O)C(C)(C)C)C(C)(C)C)ccc1OCc1ccccc1)C(C)C. The van der Waals surface area contributed by atoms with E-state index in [-0.39, 0.29) is 11.3 Å². The van der Waals surface area contributed by atoms with Crippen LogP contribution in [0.2, 0.25) is 0 Å². The summed E-state index contributed by atoms with van der Waals surface area (Å²) in [5.74, 6) is 1.09. The molecular formula is C48H70N2O5. The van der Waals surface area contributed by atoms with E-state index < -0.39 is 23.6 Å². The first-order valence-electron chi connectivity index (χ1n) is 20.5. The average molecular weight is 755 g/mol. The molecule has 0 heterocycles. The predicted octanol–water partition coefficient (Wildman–Crippen LogP) is 13.1. The second-order valence-corrected chi connectivity index (χ2v) is 17.7. The monoisotopic (exact) mass is 755 g/mol. The summed E-state index contributed by atoms with van der Waals surface area (Å²) < 4.78 is 6.67. The third kappa shape index (κ3) is 14.2. The van der Waals surface area contributed by atoms with Crippen LogP contribution in [0.5, 0.6) is 5.75 Å². The summed E-state index contributed by atoms with van der Waals surface area (Å²) >= 11 is 0. The van der Waals surface area contributed by atoms with Gasteiger partial charge in [0.1, 0.15) is 12.4 Å². The molecule has 0 aliphatic heterocycles. The summed E-state index contributed by atoms with van der Waals surface area (Å²) in [5, 5.41) is 19.1. The molecular weight excluding hydrogens is 685 g/mol. The van der Waals surface area contributed by atoms with Crippen LogP contribution in [-0.4, -0.2) is 56.9 Å². The molecule has 55 heavy (non-hydrogen) atoms. The van der Waals surface area contributed by atoms with Crippen LogP contribution in [0.15, 0.2) is 84.9 Å². The molecule has 0 aliphatic rings. The van der Waals surface area contributed by atoms with Crippen molar-refractivity contribution in [3.8, 4) is 5.75 Å². The Bertz CT molecular complexity index is 1610. The maximum atomic E-state index is 11.7. The lowest BCUT2D eigenvalue weighted by Gasteiger charge is -2.36. The van der Waals surface area contributed by atoms with Crippen LogP contribution in [-0.2, 0) is 6.61 Å². The molecule has 1 unspecified atom stereocenters. The number of carboxylic acid groups (broad SMARTS) is 2. The number of allylic oxidation sites excluding steroid dienone is 2. The van der Waals surface area contributed by atoms with E-state index in [2.05, 4.69) is 132 Å². The van der Waals surface area contributed by atoms with Gasteiger partial charge in [-0.1, -0.05) is 140 Å². The maximum absolute atomic E-state index is 11.7. The molecule has 0 saturated carbocycles. The van der Waals surface area contributed by atoms with E-state index >= 15 is 0 Å². The van der Waals surface area contributed by atoms with E-state index in [1.165, 1.54) is 22.3 Å². The van der Waals surface area contributed by atoms with Gasteiger partial charge in [0.2, 0.25) is 0 Å². The minimum atomic E-state index is -1.41. The zero-order chi connectivity index (χ0) is 40.8. The van der Waals surface area contributed by atoms with Gasteiger partial charge < -0.3 is 14.9 Å². The lowest BCUT2D eigenvalue weighted by molar-refractivity contribution is 0.0705. The van der Waals surface area contributed by atoms with E-state index in [1.54, 1.807) is 0 Å². The van der Waals surface area contributed by atoms with Gasteiger partial charge in [0, 0.05) is 23.6 Å². The number of hydrogen-bond donors (Lipinski definition) is 2. The van der Waals surface area contributed by atoms with Crippen molar-refractivity contribution in [1.29, 1.82) is 0 Å². The van der Waals surface area contributed by atoms with Crippen molar-refractivity contribution in [2.75, 3.05) is 6.54 Å². The van der Waals surface area contributed by atoms with Gasteiger partial charge >= 0.3 is 12.2 Å². The molecule has 7 heteroatoms. The Labute approximate surface area is 332 Å². The molecule has 0 radical (unpaired) electrons. The molecule has 0 aromatic heterocycles. The quantitative estimate of drug-likeness (QED) is 0.112. The highest BCUT2D eigenvalue weighted by atomic mass is 16.5. The van der Waals surface area contributed by atoms with E-state index in [9.17, 15) is 19.8 Å². The van der Waals surface area contributed by atoms with Crippen molar-refractivity contribution in [3.05, 3.63) is 107 Å². The standard InChI is InChI=1S/C48H70N2O5/c1-35(2)49(36(3)4)32-31-40(38-25-19-16-20-26-38)41-33-39(29-30-43(41)55-34-37-23-17-15-18-24-37)42(47(5,6)7)27-21-13-11-12-14-22-28-44(48(8,9)10)50(45(51)52)46(53)54/h15-20,23-27,29-30,33,35-36,40,44H,11-14,21-22,28,31-32,34H2,1-10H3,(H,51,52)(H,53,54)/t40-,44?/m1/s1. The summed E-state index contributed by atoms with van der Waals surface area (Å²) in [6, 6.07) is 28.4. The first kappa shape index (κ1) is 45.3. The first-order chi connectivity index (χ1) is 25.9. The zero-order valence-corrected chi connectivity index (χ0v) is 35.5. The predicted molar refractivity (Wildman–Crippen MR) is 228 cm³/mol. The van der Waals surface area contributed by atoms with Gasteiger partial charge in [-0.2, -0.15) is 0 Å². The van der Waals surface area contributed by atoms with Crippen LogP contribution in [0.4, 0.5) is 9.59 Å². The minimum Gasteiger partial charge on any atom is -0.489 e. The zero-order valence-electron chi connectivity index (χ0n) is 35.5. The number of imide groups is 1. The van der Waals surface area contributed by atoms with E-state index in [0.29, 0.717) is 30.0 Å². The Hall–Kier alpha value is -4.10. The number of rotatable bonds is 20. The third-order valence-corrected chi connectivity index (χ3v) is 10.7. The minimum absolute atomic E-state index is 0.0693. The van der Waals surface area contributed by atoms with Crippen molar-refractivity contribution >= 4 is 17.8 Å². The van der Waals surface area contributed by atoms with Gasteiger partial charge in [-0.05, 0) is 105 Å². The fourth-order valence-electron chi connectivity index (χ4n) is 7.85. The highest BCUT2D eigenvalue weighted by Gasteiger charge is 2.37. The van der Waals surface area contributed by atoms with Crippen LogP contribution >= 0.6 is 0 Å². The lowest BCUT2D eigenvalue weighted by atomic mass is 9.79. The summed E-state index contributed by atoms with van der Waals surface area (Å²) in [4.78, 5) is 26.6. The Morgan fingerprint density at radius 3 is 1.84 bits per heavy atom. The highest BCUT2D eigenvalue weighted by molar-refractivity contribution is 5.86. The third-order valence-electron chi connectivity index (χ3n) is 10.7. The second kappa shape index (κ2) is 21.3. The van der Waals surface area contributed by atoms with Crippen molar-refractivity contribution in [3.63, 3.8) is 0 Å². The molecule has 2 atom stereocenters. The van der Waals surface area contributed by atoms with Gasteiger partial charge in [-0.3, -0.25) is 4.90 Å². The molecule has 2 amide bonds. The first-order valence-corrected chi connectivity index (χ1v) is 20.5. The molecule has 0 spiro atoms. The van der Waals surface area contributed by atoms with E-state index in [1.807, 2.05) is 26.8 Å². The van der Waals surface area contributed by atoms with Gasteiger partial charge in [0.15, 0.2) is 0 Å². The molecule has 7 nitrogen and oxygen atoms in total. The van der Waals surface area contributed by atoms with Gasteiger partial charge in [-0.25, -0.2) is 14.5 Å². The summed E-state index contributed by atoms with van der Waals surface area (Å²) in [7, 11) is 0.